The molecule has 0 amide bonds. The second kappa shape index (κ2) is 9.09. The number of piperazine rings is 1. The maximum Gasteiger partial charge on any atom is 0.116 e. The van der Waals surface area contributed by atoms with E-state index in [1.54, 1.807) is 23.5 Å². The van der Waals surface area contributed by atoms with Crippen LogP contribution in [0.2, 0.25) is 0 Å². The summed E-state index contributed by atoms with van der Waals surface area (Å²) in [5.74, 6) is 0.337. The first-order valence-electron chi connectivity index (χ1n) is 9.93. The van der Waals surface area contributed by atoms with Gasteiger partial charge in [-0.1, -0.05) is 17.8 Å². The van der Waals surface area contributed by atoms with Gasteiger partial charge in [0, 0.05) is 60.1 Å². The van der Waals surface area contributed by atoms with Gasteiger partial charge in [0.2, 0.25) is 0 Å². The Bertz CT molecular complexity index is 822. The predicted molar refractivity (Wildman–Crippen MR) is 117 cm³/mol. The van der Waals surface area contributed by atoms with Gasteiger partial charge in [-0.2, -0.15) is 0 Å². The summed E-state index contributed by atoms with van der Waals surface area (Å²) in [5, 5.41) is 19.1. The van der Waals surface area contributed by atoms with Crippen molar-refractivity contribution in [3.05, 3.63) is 47.5 Å². The molecule has 28 heavy (non-hydrogen) atoms. The van der Waals surface area contributed by atoms with Gasteiger partial charge in [-0.05, 0) is 60.6 Å². The molecule has 2 heterocycles. The maximum atomic E-state index is 9.97. The number of hydrogen-bond acceptors (Lipinski definition) is 6. The molecule has 2 aliphatic rings. The number of aromatic hydroxyl groups is 1. The molecule has 2 aliphatic heterocycles. The van der Waals surface area contributed by atoms with Gasteiger partial charge in [0.05, 0.1) is 0 Å². The van der Waals surface area contributed by atoms with Gasteiger partial charge in [0.25, 0.3) is 0 Å². The molecular formula is C22H28N2O2S2. The lowest BCUT2D eigenvalue weighted by atomic mass is 9.96. The SMILES string of the molecule is CSc1ccc2c(c1)[C@@H](N1CCN(CCCO)CC1)Cc1ccc(O)cc1S2. The minimum absolute atomic E-state index is 0.272. The Kier molecular flexibility index (Phi) is 6.53. The number of phenolic OH excluding ortho intramolecular Hbond substituents is 1. The second-order valence-electron chi connectivity index (χ2n) is 7.47. The molecule has 1 saturated heterocycles. The maximum absolute atomic E-state index is 9.97. The van der Waals surface area contributed by atoms with Gasteiger partial charge in [-0.25, -0.2) is 0 Å². The van der Waals surface area contributed by atoms with E-state index in [-0.39, 0.29) is 6.61 Å². The van der Waals surface area contributed by atoms with Gasteiger partial charge >= 0.3 is 0 Å². The molecular weight excluding hydrogens is 388 g/mol. The lowest BCUT2D eigenvalue weighted by Gasteiger charge is -2.39. The Balaban J connectivity index is 1.63. The largest absolute Gasteiger partial charge is 0.508 e. The molecule has 0 saturated carbocycles. The summed E-state index contributed by atoms with van der Waals surface area (Å²) in [7, 11) is 0. The van der Waals surface area contributed by atoms with Gasteiger partial charge in [0.1, 0.15) is 5.75 Å². The topological polar surface area (TPSA) is 46.9 Å². The van der Waals surface area contributed by atoms with Gasteiger partial charge in [-0.15, -0.1) is 11.8 Å². The summed E-state index contributed by atoms with van der Waals surface area (Å²) in [5.41, 5.74) is 2.73. The summed E-state index contributed by atoms with van der Waals surface area (Å²) >= 11 is 3.58. The van der Waals surface area contributed by atoms with Crippen molar-refractivity contribution in [3.8, 4) is 5.75 Å². The fourth-order valence-corrected chi connectivity index (χ4v) is 5.77. The van der Waals surface area contributed by atoms with Crippen LogP contribution in [0.3, 0.4) is 0 Å². The molecule has 0 radical (unpaired) electrons. The Morgan fingerprint density at radius 1 is 1.07 bits per heavy atom. The highest BCUT2D eigenvalue weighted by molar-refractivity contribution is 7.99. The van der Waals surface area contributed by atoms with Crippen LogP contribution in [0.25, 0.3) is 0 Å². The van der Waals surface area contributed by atoms with Gasteiger partial charge < -0.3 is 15.1 Å². The fraction of sp³-hybridized carbons (Fsp3) is 0.455. The van der Waals surface area contributed by atoms with Crippen LogP contribution < -0.4 is 0 Å². The Labute approximate surface area is 175 Å². The van der Waals surface area contributed by atoms with E-state index >= 15 is 0 Å². The minimum Gasteiger partial charge on any atom is -0.508 e. The highest BCUT2D eigenvalue weighted by atomic mass is 32.2. The Morgan fingerprint density at radius 3 is 2.64 bits per heavy atom. The van der Waals surface area contributed by atoms with Crippen LogP contribution in [-0.4, -0.2) is 65.6 Å². The Morgan fingerprint density at radius 2 is 1.89 bits per heavy atom. The van der Waals surface area contributed by atoms with Crippen molar-refractivity contribution in [2.45, 2.75) is 33.6 Å². The molecule has 0 unspecified atom stereocenters. The number of phenols is 1. The zero-order chi connectivity index (χ0) is 19.5. The molecule has 4 nitrogen and oxygen atoms in total. The molecule has 4 rings (SSSR count). The van der Waals surface area contributed by atoms with Crippen molar-refractivity contribution in [3.63, 3.8) is 0 Å². The minimum atomic E-state index is 0.272. The first kappa shape index (κ1) is 20.1. The molecule has 0 spiro atoms. The number of thioether (sulfide) groups is 1. The number of hydrogen-bond donors (Lipinski definition) is 2. The van der Waals surface area contributed by atoms with E-state index in [0.29, 0.717) is 11.8 Å². The first-order valence-corrected chi connectivity index (χ1v) is 12.0. The number of aliphatic hydroxyl groups excluding tert-OH is 1. The predicted octanol–water partition coefficient (Wildman–Crippen LogP) is 3.86. The van der Waals surface area contributed by atoms with Crippen LogP contribution in [0.5, 0.6) is 5.75 Å². The molecule has 2 aromatic carbocycles. The number of rotatable bonds is 5. The molecule has 0 aliphatic carbocycles. The lowest BCUT2D eigenvalue weighted by molar-refractivity contribution is 0.0898. The lowest BCUT2D eigenvalue weighted by Crippen LogP contribution is -2.48. The molecule has 0 aromatic heterocycles. The van der Waals surface area contributed by atoms with E-state index < -0.39 is 0 Å². The smallest absolute Gasteiger partial charge is 0.116 e. The zero-order valence-corrected chi connectivity index (χ0v) is 17.9. The number of fused-ring (bicyclic) bond motifs is 2. The van der Waals surface area contributed by atoms with E-state index in [0.717, 1.165) is 45.6 Å². The first-order chi connectivity index (χ1) is 13.7. The summed E-state index contributed by atoms with van der Waals surface area (Å²) in [4.78, 5) is 8.86. The summed E-state index contributed by atoms with van der Waals surface area (Å²) < 4.78 is 0. The zero-order valence-electron chi connectivity index (χ0n) is 16.3. The molecule has 2 aromatic rings. The van der Waals surface area contributed by atoms with Crippen LogP contribution in [-0.2, 0) is 6.42 Å². The third-order valence-electron chi connectivity index (χ3n) is 5.74. The van der Waals surface area contributed by atoms with E-state index in [4.69, 9.17) is 5.11 Å². The number of benzene rings is 2. The Hall–Kier alpha value is -1.18. The highest BCUT2D eigenvalue weighted by Crippen LogP contribution is 2.45. The highest BCUT2D eigenvalue weighted by Gasteiger charge is 2.30. The average Bonchev–Trinajstić information content (AvgIpc) is 2.88. The molecule has 1 fully saturated rings. The van der Waals surface area contributed by atoms with E-state index in [9.17, 15) is 5.11 Å². The van der Waals surface area contributed by atoms with Crippen molar-refractivity contribution in [1.29, 1.82) is 0 Å². The number of nitrogens with zero attached hydrogens (tertiary/aromatic N) is 2. The second-order valence-corrected chi connectivity index (χ2v) is 9.44. The quantitative estimate of drug-likeness (QED) is 0.722. The third kappa shape index (κ3) is 4.36. The van der Waals surface area contributed by atoms with Gasteiger partial charge in [-0.3, -0.25) is 4.90 Å². The van der Waals surface area contributed by atoms with Crippen LogP contribution in [0, 0.1) is 0 Å². The number of aliphatic hydroxyl groups is 1. The fourth-order valence-electron chi connectivity index (χ4n) is 4.17. The van der Waals surface area contributed by atoms with Crippen molar-refractivity contribution in [1.82, 2.24) is 9.80 Å². The standard InChI is InChI=1S/C22H28N2O2S2/c1-27-18-5-6-21-19(15-18)20(13-16-3-4-17(26)14-22(16)28-21)24-10-8-23(9-11-24)7-2-12-25/h3-6,14-15,20,25-26H,2,7-13H2,1H3/t20-/m0/s1. The van der Waals surface area contributed by atoms with E-state index in [1.807, 2.05) is 12.1 Å². The molecule has 6 heteroatoms. The van der Waals surface area contributed by atoms with Crippen molar-refractivity contribution >= 4 is 23.5 Å². The van der Waals surface area contributed by atoms with Crippen LogP contribution in [0.4, 0.5) is 0 Å². The summed E-state index contributed by atoms with van der Waals surface area (Å²) in [6.45, 7) is 5.48. The molecule has 1 atom stereocenters. The normalized spacial score (nSPS) is 20.4. The van der Waals surface area contributed by atoms with Crippen LogP contribution in [0.1, 0.15) is 23.6 Å². The summed E-state index contributed by atoms with van der Waals surface area (Å²) in [6.07, 6.45) is 3.97. The van der Waals surface area contributed by atoms with Crippen LogP contribution >= 0.6 is 23.5 Å². The van der Waals surface area contributed by atoms with Crippen molar-refractivity contribution < 1.29 is 10.2 Å². The molecule has 2 N–H and O–H groups in total. The monoisotopic (exact) mass is 416 g/mol. The third-order valence-corrected chi connectivity index (χ3v) is 7.66. The summed E-state index contributed by atoms with van der Waals surface area (Å²) in [6, 6.07) is 13.0. The average molecular weight is 417 g/mol. The van der Waals surface area contributed by atoms with Crippen molar-refractivity contribution in [2.24, 2.45) is 0 Å². The van der Waals surface area contributed by atoms with Crippen LogP contribution in [0.15, 0.2) is 51.1 Å². The molecule has 150 valence electrons. The van der Waals surface area contributed by atoms with Crippen molar-refractivity contribution in [2.75, 3.05) is 45.6 Å². The van der Waals surface area contributed by atoms with E-state index in [1.165, 1.54) is 25.8 Å². The molecule has 0 bridgehead atoms. The van der Waals surface area contributed by atoms with E-state index in [2.05, 4.69) is 40.3 Å². The van der Waals surface area contributed by atoms with Gasteiger partial charge in [0.15, 0.2) is 0 Å².